The third kappa shape index (κ3) is 5.06. The summed E-state index contributed by atoms with van der Waals surface area (Å²) in [5, 5.41) is 0.214. The van der Waals surface area contributed by atoms with Crippen LogP contribution in [0.3, 0.4) is 0 Å². The minimum absolute atomic E-state index is 0.141. The average Bonchev–Trinajstić information content (AvgIpc) is 3.54. The summed E-state index contributed by atoms with van der Waals surface area (Å²) in [6.45, 7) is 1.13. The maximum Gasteiger partial charge on any atom is 0.214 e. The Labute approximate surface area is 174 Å². The van der Waals surface area contributed by atoms with Crippen LogP contribution in [0.4, 0.5) is 4.39 Å². The number of sulfonamides is 1. The number of ether oxygens (including phenoxy) is 2. The molecule has 2 aromatic rings. The van der Waals surface area contributed by atoms with Gasteiger partial charge in [0, 0.05) is 36.4 Å². The summed E-state index contributed by atoms with van der Waals surface area (Å²) in [7, 11) is -3.29. The minimum Gasteiger partial charge on any atom is -0.493 e. The molecule has 1 aliphatic carbocycles. The first-order valence-corrected chi connectivity index (χ1v) is 11.5. The first-order chi connectivity index (χ1) is 13.9. The molecule has 2 atom stereocenters. The first-order valence-electron chi connectivity index (χ1n) is 9.55. The monoisotopic (exact) mass is 440 g/mol. The summed E-state index contributed by atoms with van der Waals surface area (Å²) in [5.74, 6) is -0.226. The van der Waals surface area contributed by atoms with Crippen molar-refractivity contribution < 1.29 is 22.3 Å². The van der Waals surface area contributed by atoms with E-state index in [4.69, 9.17) is 21.1 Å². The van der Waals surface area contributed by atoms with Gasteiger partial charge >= 0.3 is 0 Å². The van der Waals surface area contributed by atoms with E-state index in [2.05, 4.69) is 9.71 Å². The molecule has 2 fully saturated rings. The Balaban J connectivity index is 1.40. The van der Waals surface area contributed by atoms with Crippen molar-refractivity contribution in [2.45, 2.75) is 30.6 Å². The van der Waals surface area contributed by atoms with Crippen LogP contribution in [-0.2, 0) is 14.8 Å². The Bertz CT molecular complexity index is 967. The molecule has 4 rings (SSSR count). The number of benzene rings is 1. The standard InChI is InChI=1S/C20H22ClFN2O4S/c21-14-1-6-20(23-10-14)17-5-2-15(9-18(17)22)28-12-13-11-27-8-7-19(13)24-29(25,26)16-3-4-16/h1-2,5-6,9-10,13,16,19,24H,3-4,7-8,11-12H2/t13-,19+/m1/s1. The van der Waals surface area contributed by atoms with Gasteiger partial charge in [-0.1, -0.05) is 11.6 Å². The van der Waals surface area contributed by atoms with Gasteiger partial charge in [0.1, 0.15) is 11.6 Å². The van der Waals surface area contributed by atoms with Crippen molar-refractivity contribution in [3.8, 4) is 17.0 Å². The number of nitrogens with zero attached hydrogens (tertiary/aromatic N) is 1. The number of rotatable bonds is 7. The fourth-order valence-corrected chi connectivity index (χ4v) is 5.13. The van der Waals surface area contributed by atoms with Crippen LogP contribution in [0.5, 0.6) is 5.75 Å². The summed E-state index contributed by atoms with van der Waals surface area (Å²) in [6, 6.07) is 7.64. The van der Waals surface area contributed by atoms with Crippen LogP contribution in [0.25, 0.3) is 11.3 Å². The predicted octanol–water partition coefficient (Wildman–Crippen LogP) is 3.41. The van der Waals surface area contributed by atoms with Gasteiger partial charge in [0.2, 0.25) is 10.0 Å². The van der Waals surface area contributed by atoms with E-state index in [1.165, 1.54) is 12.3 Å². The smallest absolute Gasteiger partial charge is 0.214 e. The second kappa shape index (κ2) is 8.55. The Morgan fingerprint density at radius 2 is 2.07 bits per heavy atom. The Kier molecular flexibility index (Phi) is 6.06. The number of nitrogens with one attached hydrogen (secondary N) is 1. The average molecular weight is 441 g/mol. The maximum absolute atomic E-state index is 14.5. The van der Waals surface area contributed by atoms with E-state index in [0.29, 0.717) is 54.5 Å². The largest absolute Gasteiger partial charge is 0.493 e. The van der Waals surface area contributed by atoms with Crippen LogP contribution < -0.4 is 9.46 Å². The molecule has 0 radical (unpaired) electrons. The zero-order valence-corrected chi connectivity index (χ0v) is 17.3. The normalized spacial score (nSPS) is 22.4. The van der Waals surface area contributed by atoms with Crippen LogP contribution >= 0.6 is 11.6 Å². The van der Waals surface area contributed by atoms with E-state index in [-0.39, 0.29) is 23.8 Å². The van der Waals surface area contributed by atoms with E-state index in [9.17, 15) is 12.8 Å². The molecule has 9 heteroatoms. The highest BCUT2D eigenvalue weighted by molar-refractivity contribution is 7.90. The number of hydrogen-bond donors (Lipinski definition) is 1. The minimum atomic E-state index is -3.29. The van der Waals surface area contributed by atoms with Gasteiger partial charge in [-0.3, -0.25) is 4.98 Å². The molecule has 0 spiro atoms. The van der Waals surface area contributed by atoms with Crippen LogP contribution in [0, 0.1) is 11.7 Å². The number of aromatic nitrogens is 1. The van der Waals surface area contributed by atoms with Gasteiger partial charge in [0.25, 0.3) is 0 Å². The molecule has 1 aromatic carbocycles. The highest BCUT2D eigenvalue weighted by Gasteiger charge is 2.39. The Morgan fingerprint density at radius 3 is 2.76 bits per heavy atom. The zero-order chi connectivity index (χ0) is 20.4. The molecule has 29 heavy (non-hydrogen) atoms. The number of hydrogen-bond acceptors (Lipinski definition) is 5. The summed E-state index contributed by atoms with van der Waals surface area (Å²) in [5.41, 5.74) is 0.832. The van der Waals surface area contributed by atoms with Gasteiger partial charge in [0.05, 0.1) is 29.2 Å². The molecule has 1 N–H and O–H groups in total. The molecule has 1 saturated carbocycles. The second-order valence-electron chi connectivity index (χ2n) is 7.41. The highest BCUT2D eigenvalue weighted by atomic mass is 35.5. The Hall–Kier alpha value is -1.74. The second-order valence-corrected chi connectivity index (χ2v) is 9.84. The lowest BCUT2D eigenvalue weighted by atomic mass is 9.98. The SMILES string of the molecule is O=S(=O)(N[C@H]1CCOC[C@@H]1COc1ccc(-c2ccc(Cl)cn2)c(F)c1)C1CC1. The van der Waals surface area contributed by atoms with Crippen molar-refractivity contribution in [3.63, 3.8) is 0 Å². The highest BCUT2D eigenvalue weighted by Crippen LogP contribution is 2.30. The number of halogens is 2. The van der Waals surface area contributed by atoms with Crippen molar-refractivity contribution in [1.29, 1.82) is 0 Å². The molecule has 2 heterocycles. The maximum atomic E-state index is 14.5. The number of pyridine rings is 1. The summed E-state index contributed by atoms with van der Waals surface area (Å²) in [6.07, 6.45) is 3.49. The van der Waals surface area contributed by atoms with Gasteiger partial charge in [-0.15, -0.1) is 0 Å². The van der Waals surface area contributed by atoms with E-state index in [1.807, 2.05) is 0 Å². The zero-order valence-electron chi connectivity index (χ0n) is 15.7. The van der Waals surface area contributed by atoms with Gasteiger partial charge in [-0.05, 0) is 43.5 Å². The van der Waals surface area contributed by atoms with Gasteiger partial charge in [0.15, 0.2) is 0 Å². The summed E-state index contributed by atoms with van der Waals surface area (Å²) >= 11 is 5.82. The van der Waals surface area contributed by atoms with Crippen LogP contribution in [0.2, 0.25) is 5.02 Å². The Morgan fingerprint density at radius 1 is 1.24 bits per heavy atom. The molecule has 0 bridgehead atoms. The van der Waals surface area contributed by atoms with Crippen molar-refractivity contribution in [3.05, 3.63) is 47.4 Å². The fourth-order valence-electron chi connectivity index (χ4n) is 3.33. The fraction of sp³-hybridized carbons (Fsp3) is 0.450. The van der Waals surface area contributed by atoms with Crippen LogP contribution in [0.15, 0.2) is 36.5 Å². The van der Waals surface area contributed by atoms with Crippen molar-refractivity contribution in [2.75, 3.05) is 19.8 Å². The topological polar surface area (TPSA) is 77.5 Å². The van der Waals surface area contributed by atoms with Crippen molar-refractivity contribution >= 4 is 21.6 Å². The van der Waals surface area contributed by atoms with Gasteiger partial charge in [-0.25, -0.2) is 17.5 Å². The third-order valence-corrected chi connectivity index (χ3v) is 7.36. The van der Waals surface area contributed by atoms with Gasteiger partial charge in [-0.2, -0.15) is 0 Å². The van der Waals surface area contributed by atoms with E-state index < -0.39 is 15.8 Å². The third-order valence-electron chi connectivity index (χ3n) is 5.16. The first kappa shape index (κ1) is 20.5. The molecule has 0 amide bonds. The van der Waals surface area contributed by atoms with Crippen LogP contribution in [0.1, 0.15) is 19.3 Å². The van der Waals surface area contributed by atoms with E-state index in [0.717, 1.165) is 0 Å². The summed E-state index contributed by atoms with van der Waals surface area (Å²) < 4.78 is 53.1. The molecule has 1 aromatic heterocycles. The predicted molar refractivity (Wildman–Crippen MR) is 108 cm³/mol. The molecule has 6 nitrogen and oxygen atoms in total. The quantitative estimate of drug-likeness (QED) is 0.714. The van der Waals surface area contributed by atoms with Crippen LogP contribution in [-0.4, -0.2) is 44.5 Å². The van der Waals surface area contributed by atoms with Crippen molar-refractivity contribution in [2.24, 2.45) is 5.92 Å². The molecule has 2 aliphatic rings. The lowest BCUT2D eigenvalue weighted by Crippen LogP contribution is -2.48. The molecular weight excluding hydrogens is 419 g/mol. The molecular formula is C20H22ClFN2O4S. The lowest BCUT2D eigenvalue weighted by molar-refractivity contribution is 0.0186. The lowest BCUT2D eigenvalue weighted by Gasteiger charge is -2.31. The van der Waals surface area contributed by atoms with Gasteiger partial charge < -0.3 is 9.47 Å². The molecule has 156 valence electrons. The van der Waals surface area contributed by atoms with Crippen molar-refractivity contribution in [1.82, 2.24) is 9.71 Å². The van der Waals surface area contributed by atoms with E-state index >= 15 is 0 Å². The molecule has 1 aliphatic heterocycles. The molecule has 1 saturated heterocycles. The molecule has 0 unspecified atom stereocenters. The van der Waals surface area contributed by atoms with E-state index in [1.54, 1.807) is 24.3 Å². The summed E-state index contributed by atoms with van der Waals surface area (Å²) in [4.78, 5) is 4.13.